The Kier molecular flexibility index (Phi) is 5.92. The maximum Gasteiger partial charge on any atom is 0.237 e. The first-order chi connectivity index (χ1) is 8.04. The second-order valence-electron chi connectivity index (χ2n) is 5.41. The highest BCUT2D eigenvalue weighted by Crippen LogP contribution is 2.17. The predicted octanol–water partition coefficient (Wildman–Crippen LogP) is 1.04. The maximum atomic E-state index is 11.9. The molecule has 1 aliphatic carbocycles. The number of hydrogen-bond donors (Lipinski definition) is 3. The van der Waals surface area contributed by atoms with Gasteiger partial charge in [0.1, 0.15) is 0 Å². The van der Waals surface area contributed by atoms with E-state index in [4.69, 9.17) is 0 Å². The van der Waals surface area contributed by atoms with Crippen molar-refractivity contribution in [1.29, 1.82) is 0 Å². The van der Waals surface area contributed by atoms with Gasteiger partial charge < -0.3 is 15.7 Å². The molecule has 2 atom stereocenters. The number of aliphatic hydroxyl groups is 1. The molecule has 0 heterocycles. The molecule has 100 valence electrons. The lowest BCUT2D eigenvalue weighted by molar-refractivity contribution is -0.123. The van der Waals surface area contributed by atoms with Crippen molar-refractivity contribution in [3.8, 4) is 0 Å². The van der Waals surface area contributed by atoms with E-state index in [1.807, 2.05) is 20.8 Å². The summed E-state index contributed by atoms with van der Waals surface area (Å²) in [5.41, 5.74) is 0. The fourth-order valence-corrected chi connectivity index (χ4v) is 2.25. The van der Waals surface area contributed by atoms with Crippen molar-refractivity contribution in [3.05, 3.63) is 0 Å². The van der Waals surface area contributed by atoms with Gasteiger partial charge in [-0.1, -0.05) is 26.7 Å². The van der Waals surface area contributed by atoms with E-state index in [2.05, 4.69) is 10.6 Å². The molecule has 1 aliphatic rings. The summed E-state index contributed by atoms with van der Waals surface area (Å²) in [4.78, 5) is 11.9. The Bertz CT molecular complexity index is 238. The Morgan fingerprint density at radius 1 is 1.29 bits per heavy atom. The van der Waals surface area contributed by atoms with Crippen LogP contribution in [-0.4, -0.2) is 35.7 Å². The number of amides is 1. The summed E-state index contributed by atoms with van der Waals surface area (Å²) < 4.78 is 0. The van der Waals surface area contributed by atoms with Crippen molar-refractivity contribution in [2.24, 2.45) is 5.92 Å². The minimum atomic E-state index is -0.241. The van der Waals surface area contributed by atoms with Crippen LogP contribution >= 0.6 is 0 Å². The van der Waals surface area contributed by atoms with Gasteiger partial charge in [0, 0.05) is 12.1 Å². The van der Waals surface area contributed by atoms with E-state index < -0.39 is 0 Å². The Balaban J connectivity index is 2.34. The van der Waals surface area contributed by atoms with Crippen LogP contribution in [0.3, 0.4) is 0 Å². The fourth-order valence-electron chi connectivity index (χ4n) is 2.25. The quantitative estimate of drug-likeness (QED) is 0.652. The fraction of sp³-hybridized carbons (Fsp3) is 0.923. The molecular formula is C13H26N2O2. The standard InChI is InChI=1S/C13H26N2O2/c1-9(2)12(8-16)14-10(3)13(17)15-11-6-4-5-7-11/h9-12,14,16H,4-8H2,1-3H3,(H,15,17)/t10?,12-/m1/s1. The molecule has 4 heteroatoms. The van der Waals surface area contributed by atoms with E-state index in [-0.39, 0.29) is 24.6 Å². The summed E-state index contributed by atoms with van der Waals surface area (Å²) in [6, 6.07) is 0.104. The summed E-state index contributed by atoms with van der Waals surface area (Å²) in [5.74, 6) is 0.373. The minimum Gasteiger partial charge on any atom is -0.395 e. The third-order valence-corrected chi connectivity index (χ3v) is 3.56. The number of hydrogen-bond acceptors (Lipinski definition) is 3. The minimum absolute atomic E-state index is 0.0145. The van der Waals surface area contributed by atoms with Crippen LogP contribution in [0, 0.1) is 5.92 Å². The molecule has 1 saturated carbocycles. The molecule has 0 spiro atoms. The summed E-state index contributed by atoms with van der Waals surface area (Å²) in [6.07, 6.45) is 4.65. The normalized spacial score (nSPS) is 20.5. The molecular weight excluding hydrogens is 216 g/mol. The van der Waals surface area contributed by atoms with E-state index in [1.54, 1.807) is 0 Å². The molecule has 0 aromatic heterocycles. The molecule has 0 aliphatic heterocycles. The van der Waals surface area contributed by atoms with Crippen LogP contribution in [-0.2, 0) is 4.79 Å². The first kappa shape index (κ1) is 14.5. The molecule has 0 radical (unpaired) electrons. The largest absolute Gasteiger partial charge is 0.395 e. The molecule has 17 heavy (non-hydrogen) atoms. The number of rotatable bonds is 6. The van der Waals surface area contributed by atoms with Crippen molar-refractivity contribution >= 4 is 5.91 Å². The van der Waals surface area contributed by atoms with Crippen LogP contribution in [0.1, 0.15) is 46.5 Å². The van der Waals surface area contributed by atoms with Gasteiger partial charge in [0.05, 0.1) is 12.6 Å². The zero-order valence-corrected chi connectivity index (χ0v) is 11.2. The van der Waals surface area contributed by atoms with E-state index in [1.165, 1.54) is 12.8 Å². The maximum absolute atomic E-state index is 11.9. The smallest absolute Gasteiger partial charge is 0.237 e. The van der Waals surface area contributed by atoms with Crippen LogP contribution in [0.15, 0.2) is 0 Å². The van der Waals surface area contributed by atoms with Crippen molar-refractivity contribution in [2.75, 3.05) is 6.61 Å². The van der Waals surface area contributed by atoms with Crippen LogP contribution < -0.4 is 10.6 Å². The average molecular weight is 242 g/mol. The Labute approximate surface area is 104 Å². The van der Waals surface area contributed by atoms with Crippen molar-refractivity contribution in [3.63, 3.8) is 0 Å². The van der Waals surface area contributed by atoms with Crippen LogP contribution in [0.5, 0.6) is 0 Å². The lowest BCUT2D eigenvalue weighted by atomic mass is 10.0. The third-order valence-electron chi connectivity index (χ3n) is 3.56. The van der Waals surface area contributed by atoms with Crippen LogP contribution in [0.25, 0.3) is 0 Å². The highest BCUT2D eigenvalue weighted by Gasteiger charge is 2.23. The molecule has 1 fully saturated rings. The molecule has 0 saturated heterocycles. The van der Waals surface area contributed by atoms with Gasteiger partial charge in [-0.05, 0) is 25.7 Å². The molecule has 0 aromatic rings. The molecule has 1 unspecified atom stereocenters. The predicted molar refractivity (Wildman–Crippen MR) is 68.7 cm³/mol. The lowest BCUT2D eigenvalue weighted by Crippen LogP contribution is -2.51. The van der Waals surface area contributed by atoms with Gasteiger partial charge in [-0.3, -0.25) is 4.79 Å². The Morgan fingerprint density at radius 3 is 2.35 bits per heavy atom. The molecule has 1 amide bonds. The number of nitrogens with one attached hydrogen (secondary N) is 2. The monoisotopic (exact) mass is 242 g/mol. The molecule has 4 nitrogen and oxygen atoms in total. The van der Waals surface area contributed by atoms with E-state index in [0.29, 0.717) is 12.0 Å². The van der Waals surface area contributed by atoms with Gasteiger partial charge in [-0.25, -0.2) is 0 Å². The first-order valence-electron chi connectivity index (χ1n) is 6.72. The van der Waals surface area contributed by atoms with Gasteiger partial charge in [0.25, 0.3) is 0 Å². The summed E-state index contributed by atoms with van der Waals surface area (Å²) in [7, 11) is 0. The summed E-state index contributed by atoms with van der Waals surface area (Å²) >= 11 is 0. The highest BCUT2D eigenvalue weighted by molar-refractivity contribution is 5.81. The van der Waals surface area contributed by atoms with Crippen molar-refractivity contribution < 1.29 is 9.90 Å². The van der Waals surface area contributed by atoms with E-state index in [9.17, 15) is 9.90 Å². The highest BCUT2D eigenvalue weighted by atomic mass is 16.3. The SMILES string of the molecule is CC(N[C@H](CO)C(C)C)C(=O)NC1CCCC1. The van der Waals surface area contributed by atoms with Gasteiger partial charge in [0.2, 0.25) is 5.91 Å². The second-order valence-corrected chi connectivity index (χ2v) is 5.41. The summed E-state index contributed by atoms with van der Waals surface area (Å²) in [6.45, 7) is 6.00. The molecule has 0 bridgehead atoms. The third kappa shape index (κ3) is 4.64. The van der Waals surface area contributed by atoms with Gasteiger partial charge in [0.15, 0.2) is 0 Å². The van der Waals surface area contributed by atoms with Gasteiger partial charge >= 0.3 is 0 Å². The van der Waals surface area contributed by atoms with E-state index in [0.717, 1.165) is 12.8 Å². The van der Waals surface area contributed by atoms with Gasteiger partial charge in [-0.2, -0.15) is 0 Å². The van der Waals surface area contributed by atoms with Crippen LogP contribution in [0.4, 0.5) is 0 Å². The average Bonchev–Trinajstić information content (AvgIpc) is 2.77. The zero-order valence-electron chi connectivity index (χ0n) is 11.2. The lowest BCUT2D eigenvalue weighted by Gasteiger charge is -2.25. The number of carbonyl (C=O) groups is 1. The number of carbonyl (C=O) groups excluding carboxylic acids is 1. The molecule has 3 N–H and O–H groups in total. The summed E-state index contributed by atoms with van der Waals surface area (Å²) in [5, 5.41) is 15.5. The second kappa shape index (κ2) is 6.97. The van der Waals surface area contributed by atoms with Crippen molar-refractivity contribution in [2.45, 2.75) is 64.6 Å². The van der Waals surface area contributed by atoms with Gasteiger partial charge in [-0.15, -0.1) is 0 Å². The topological polar surface area (TPSA) is 61.4 Å². The Hall–Kier alpha value is -0.610. The first-order valence-corrected chi connectivity index (χ1v) is 6.72. The number of aliphatic hydroxyl groups excluding tert-OH is 1. The Morgan fingerprint density at radius 2 is 1.88 bits per heavy atom. The molecule has 0 aromatic carbocycles. The molecule has 1 rings (SSSR count). The van der Waals surface area contributed by atoms with Crippen LogP contribution in [0.2, 0.25) is 0 Å². The van der Waals surface area contributed by atoms with Crippen molar-refractivity contribution in [1.82, 2.24) is 10.6 Å². The van der Waals surface area contributed by atoms with E-state index >= 15 is 0 Å². The zero-order chi connectivity index (χ0) is 12.8.